The predicted molar refractivity (Wildman–Crippen MR) is 100.0 cm³/mol. The molecular formula is C19H20N2O2S. The molecule has 0 aliphatic rings. The number of nitrogens with zero attached hydrogens (tertiary/aromatic N) is 1. The lowest BCUT2D eigenvalue weighted by Crippen LogP contribution is -2.28. The normalized spacial score (nSPS) is 12.5. The molecule has 0 saturated carbocycles. The fourth-order valence-electron chi connectivity index (χ4n) is 2.55. The fourth-order valence-corrected chi connectivity index (χ4v) is 3.59. The Morgan fingerprint density at radius 3 is 2.33 bits per heavy atom. The quantitative estimate of drug-likeness (QED) is 0.766. The SMILES string of the molecule is CC(C)c1ccc(NC(=O)C(C)n2sc3ccccc3c2=O)cc1. The smallest absolute Gasteiger partial charge is 0.269 e. The van der Waals surface area contributed by atoms with Gasteiger partial charge in [-0.2, -0.15) is 0 Å². The maximum absolute atomic E-state index is 12.5. The molecule has 5 heteroatoms. The van der Waals surface area contributed by atoms with Gasteiger partial charge < -0.3 is 5.32 Å². The summed E-state index contributed by atoms with van der Waals surface area (Å²) in [6, 6.07) is 14.7. The van der Waals surface area contributed by atoms with Crippen molar-refractivity contribution in [3.63, 3.8) is 0 Å². The van der Waals surface area contributed by atoms with Crippen molar-refractivity contribution in [2.75, 3.05) is 5.32 Å². The van der Waals surface area contributed by atoms with Crippen molar-refractivity contribution in [3.8, 4) is 0 Å². The first-order valence-corrected chi connectivity index (χ1v) is 8.76. The molecule has 1 heterocycles. The van der Waals surface area contributed by atoms with Crippen LogP contribution in [0, 0.1) is 0 Å². The van der Waals surface area contributed by atoms with E-state index in [1.54, 1.807) is 13.0 Å². The summed E-state index contributed by atoms with van der Waals surface area (Å²) in [7, 11) is 0. The van der Waals surface area contributed by atoms with Gasteiger partial charge in [-0.05, 0) is 42.7 Å². The monoisotopic (exact) mass is 340 g/mol. The van der Waals surface area contributed by atoms with Gasteiger partial charge in [-0.3, -0.25) is 13.5 Å². The van der Waals surface area contributed by atoms with E-state index in [1.165, 1.54) is 21.1 Å². The van der Waals surface area contributed by atoms with Crippen LogP contribution in [-0.4, -0.2) is 9.86 Å². The third kappa shape index (κ3) is 3.12. The van der Waals surface area contributed by atoms with E-state index in [9.17, 15) is 9.59 Å². The largest absolute Gasteiger partial charge is 0.324 e. The number of hydrogen-bond acceptors (Lipinski definition) is 3. The Hall–Kier alpha value is -2.40. The van der Waals surface area contributed by atoms with E-state index < -0.39 is 6.04 Å². The van der Waals surface area contributed by atoms with Crippen LogP contribution in [-0.2, 0) is 4.79 Å². The maximum atomic E-state index is 12.5. The molecule has 0 bridgehead atoms. The first kappa shape index (κ1) is 16.5. The number of benzene rings is 2. The lowest BCUT2D eigenvalue weighted by molar-refractivity contribution is -0.118. The zero-order valence-electron chi connectivity index (χ0n) is 13.9. The third-order valence-corrected chi connectivity index (χ3v) is 5.32. The first-order chi connectivity index (χ1) is 11.5. The van der Waals surface area contributed by atoms with Crippen molar-refractivity contribution in [3.05, 3.63) is 64.4 Å². The maximum Gasteiger partial charge on any atom is 0.269 e. The molecular weight excluding hydrogens is 320 g/mol. The number of aromatic nitrogens is 1. The minimum Gasteiger partial charge on any atom is -0.324 e. The summed E-state index contributed by atoms with van der Waals surface area (Å²) in [5, 5.41) is 3.54. The molecule has 0 saturated heterocycles. The van der Waals surface area contributed by atoms with Crippen LogP contribution in [0.5, 0.6) is 0 Å². The van der Waals surface area contributed by atoms with Crippen LogP contribution in [0.25, 0.3) is 10.1 Å². The van der Waals surface area contributed by atoms with Crippen molar-refractivity contribution in [1.29, 1.82) is 0 Å². The molecule has 124 valence electrons. The number of carbonyl (C=O) groups is 1. The number of nitrogens with one attached hydrogen (secondary N) is 1. The highest BCUT2D eigenvalue weighted by molar-refractivity contribution is 7.14. The van der Waals surface area contributed by atoms with Crippen molar-refractivity contribution >= 4 is 33.2 Å². The van der Waals surface area contributed by atoms with Gasteiger partial charge in [0.2, 0.25) is 5.91 Å². The van der Waals surface area contributed by atoms with E-state index in [0.29, 0.717) is 11.3 Å². The highest BCUT2D eigenvalue weighted by Crippen LogP contribution is 2.21. The van der Waals surface area contributed by atoms with E-state index in [1.807, 2.05) is 42.5 Å². The zero-order valence-corrected chi connectivity index (χ0v) is 14.8. The second-order valence-electron chi connectivity index (χ2n) is 6.16. The van der Waals surface area contributed by atoms with E-state index in [4.69, 9.17) is 0 Å². The Morgan fingerprint density at radius 2 is 1.71 bits per heavy atom. The molecule has 4 nitrogen and oxygen atoms in total. The minimum absolute atomic E-state index is 0.117. The molecule has 0 fully saturated rings. The van der Waals surface area contributed by atoms with Crippen LogP contribution in [0.1, 0.15) is 38.3 Å². The molecule has 1 amide bonds. The van der Waals surface area contributed by atoms with E-state index in [0.717, 1.165) is 10.4 Å². The molecule has 3 rings (SSSR count). The molecule has 1 N–H and O–H groups in total. The van der Waals surface area contributed by atoms with Crippen LogP contribution >= 0.6 is 11.5 Å². The molecule has 0 aliphatic carbocycles. The van der Waals surface area contributed by atoms with Crippen LogP contribution in [0.15, 0.2) is 53.3 Å². The van der Waals surface area contributed by atoms with Gasteiger partial charge >= 0.3 is 0 Å². The Bertz CT molecular complexity index is 922. The Labute approximate surface area is 144 Å². The number of carbonyl (C=O) groups excluding carboxylic acids is 1. The predicted octanol–water partition coefficient (Wildman–Crippen LogP) is 4.39. The molecule has 0 spiro atoms. The van der Waals surface area contributed by atoms with Crippen LogP contribution in [0.3, 0.4) is 0 Å². The summed E-state index contributed by atoms with van der Waals surface area (Å²) >= 11 is 1.32. The number of amides is 1. The average molecular weight is 340 g/mol. The van der Waals surface area contributed by atoms with Crippen molar-refractivity contribution in [2.24, 2.45) is 0 Å². The average Bonchev–Trinajstić information content (AvgIpc) is 2.92. The summed E-state index contributed by atoms with van der Waals surface area (Å²) in [5.74, 6) is 0.256. The Kier molecular flexibility index (Phi) is 4.53. The Balaban J connectivity index is 1.81. The molecule has 3 aromatic rings. The van der Waals surface area contributed by atoms with Gasteiger partial charge in [-0.1, -0.05) is 49.6 Å². The van der Waals surface area contributed by atoms with Gasteiger partial charge in [-0.15, -0.1) is 0 Å². The van der Waals surface area contributed by atoms with Crippen molar-refractivity contribution < 1.29 is 4.79 Å². The lowest BCUT2D eigenvalue weighted by atomic mass is 10.0. The molecule has 0 radical (unpaired) electrons. The van der Waals surface area contributed by atoms with E-state index >= 15 is 0 Å². The molecule has 1 aromatic heterocycles. The summed E-state index contributed by atoms with van der Waals surface area (Å²) in [4.78, 5) is 24.9. The summed E-state index contributed by atoms with van der Waals surface area (Å²) < 4.78 is 2.42. The van der Waals surface area contributed by atoms with Gasteiger partial charge in [0, 0.05) is 5.69 Å². The molecule has 24 heavy (non-hydrogen) atoms. The zero-order chi connectivity index (χ0) is 17.3. The highest BCUT2D eigenvalue weighted by Gasteiger charge is 2.19. The second kappa shape index (κ2) is 6.61. The first-order valence-electron chi connectivity index (χ1n) is 7.98. The van der Waals surface area contributed by atoms with E-state index in [-0.39, 0.29) is 11.5 Å². The molecule has 2 aromatic carbocycles. The number of hydrogen-bond donors (Lipinski definition) is 1. The topological polar surface area (TPSA) is 51.1 Å². The number of anilines is 1. The van der Waals surface area contributed by atoms with Crippen LogP contribution < -0.4 is 10.9 Å². The highest BCUT2D eigenvalue weighted by atomic mass is 32.1. The van der Waals surface area contributed by atoms with Crippen molar-refractivity contribution in [2.45, 2.75) is 32.7 Å². The molecule has 1 atom stereocenters. The molecule has 1 unspecified atom stereocenters. The number of fused-ring (bicyclic) bond motifs is 1. The van der Waals surface area contributed by atoms with Gasteiger partial charge in [0.25, 0.3) is 5.56 Å². The van der Waals surface area contributed by atoms with Gasteiger partial charge in [0.05, 0.1) is 10.1 Å². The van der Waals surface area contributed by atoms with E-state index in [2.05, 4.69) is 19.2 Å². The van der Waals surface area contributed by atoms with Gasteiger partial charge in [0.1, 0.15) is 6.04 Å². The fraction of sp³-hybridized carbons (Fsp3) is 0.263. The van der Waals surface area contributed by atoms with Crippen LogP contribution in [0.2, 0.25) is 0 Å². The standard InChI is InChI=1S/C19H20N2O2S/c1-12(2)14-8-10-15(11-9-14)20-18(22)13(3)21-19(23)16-6-4-5-7-17(16)24-21/h4-13H,1-3H3,(H,20,22). The minimum atomic E-state index is -0.556. The summed E-state index contributed by atoms with van der Waals surface area (Å²) in [5.41, 5.74) is 1.85. The second-order valence-corrected chi connectivity index (χ2v) is 7.18. The van der Waals surface area contributed by atoms with Gasteiger partial charge in [-0.25, -0.2) is 0 Å². The van der Waals surface area contributed by atoms with Gasteiger partial charge in [0.15, 0.2) is 0 Å². The van der Waals surface area contributed by atoms with Crippen molar-refractivity contribution in [1.82, 2.24) is 3.96 Å². The third-order valence-electron chi connectivity index (χ3n) is 4.09. The lowest BCUT2D eigenvalue weighted by Gasteiger charge is -2.13. The summed E-state index contributed by atoms with van der Waals surface area (Å²) in [6.45, 7) is 6.00. The summed E-state index contributed by atoms with van der Waals surface area (Å²) in [6.07, 6.45) is 0. The Morgan fingerprint density at radius 1 is 1.04 bits per heavy atom. The van der Waals surface area contributed by atoms with Crippen LogP contribution in [0.4, 0.5) is 5.69 Å². The molecule has 0 aliphatic heterocycles. The number of rotatable bonds is 4.